The average molecular weight is 268 g/mol. The first-order valence-electron chi connectivity index (χ1n) is 5.08. The maximum Gasteiger partial charge on any atom is 0.145 e. The molecule has 0 aromatic carbocycles. The van der Waals surface area contributed by atoms with Crippen molar-refractivity contribution >= 4 is 29.0 Å². The van der Waals surface area contributed by atoms with E-state index in [4.69, 9.17) is 23.2 Å². The molecule has 0 unspecified atom stereocenters. The molecule has 0 saturated heterocycles. The third kappa shape index (κ3) is 2.35. The van der Waals surface area contributed by atoms with Crippen molar-refractivity contribution in [2.45, 2.75) is 6.92 Å². The molecule has 0 bridgehead atoms. The molecule has 0 saturated carbocycles. The van der Waals surface area contributed by atoms with Crippen LogP contribution < -0.4 is 5.32 Å². The topological polar surface area (TPSA) is 37.8 Å². The minimum Gasteiger partial charge on any atom is -0.372 e. The van der Waals surface area contributed by atoms with E-state index in [9.17, 15) is 0 Å². The Morgan fingerprint density at radius 1 is 1.24 bits per heavy atom. The van der Waals surface area contributed by atoms with Crippen LogP contribution in [0.3, 0.4) is 0 Å². The van der Waals surface area contributed by atoms with Crippen molar-refractivity contribution in [2.75, 3.05) is 12.4 Å². The quantitative estimate of drug-likeness (QED) is 0.900. The lowest BCUT2D eigenvalue weighted by atomic mass is 10.1. The van der Waals surface area contributed by atoms with Crippen LogP contribution in [-0.4, -0.2) is 17.0 Å². The molecule has 5 heteroatoms. The number of nitrogens with one attached hydrogen (secondary N) is 1. The lowest BCUT2D eigenvalue weighted by Crippen LogP contribution is -1.97. The highest BCUT2D eigenvalue weighted by atomic mass is 35.5. The summed E-state index contributed by atoms with van der Waals surface area (Å²) in [5.74, 6) is 0.606. The molecule has 2 rings (SSSR count). The number of aryl methyl sites for hydroxylation is 1. The standard InChI is InChI=1S/C12H11Cl2N3/c1-7-3-4-16-6-8(7)11-9(13)5-10(14)12(15-2)17-11/h3-6H,1-2H3,(H,15,17). The Kier molecular flexibility index (Phi) is 3.50. The van der Waals surface area contributed by atoms with Crippen LogP contribution in [0.4, 0.5) is 5.82 Å². The summed E-state index contributed by atoms with van der Waals surface area (Å²) < 4.78 is 0. The van der Waals surface area contributed by atoms with Crippen molar-refractivity contribution in [1.82, 2.24) is 9.97 Å². The van der Waals surface area contributed by atoms with E-state index < -0.39 is 0 Å². The van der Waals surface area contributed by atoms with E-state index >= 15 is 0 Å². The average Bonchev–Trinajstić information content (AvgIpc) is 2.31. The SMILES string of the molecule is CNc1nc(-c2cnccc2C)c(Cl)cc1Cl. The number of rotatable bonds is 2. The van der Waals surface area contributed by atoms with E-state index in [0.717, 1.165) is 11.1 Å². The van der Waals surface area contributed by atoms with Crippen molar-refractivity contribution < 1.29 is 0 Å². The molecule has 0 amide bonds. The Morgan fingerprint density at radius 2 is 2.00 bits per heavy atom. The molecule has 2 aromatic heterocycles. The maximum absolute atomic E-state index is 6.16. The van der Waals surface area contributed by atoms with Crippen molar-refractivity contribution in [3.05, 3.63) is 40.1 Å². The summed E-state index contributed by atoms with van der Waals surface area (Å²) >= 11 is 12.2. The van der Waals surface area contributed by atoms with Crippen LogP contribution in [0.2, 0.25) is 10.0 Å². The lowest BCUT2D eigenvalue weighted by molar-refractivity contribution is 1.24. The zero-order valence-electron chi connectivity index (χ0n) is 9.46. The van der Waals surface area contributed by atoms with Gasteiger partial charge < -0.3 is 5.32 Å². The second-order valence-electron chi connectivity index (χ2n) is 3.59. The predicted octanol–water partition coefficient (Wildman–Crippen LogP) is 3.80. The summed E-state index contributed by atoms with van der Waals surface area (Å²) in [6.07, 6.45) is 3.48. The predicted molar refractivity (Wildman–Crippen MR) is 71.8 cm³/mol. The highest BCUT2D eigenvalue weighted by Crippen LogP contribution is 2.33. The third-order valence-corrected chi connectivity index (χ3v) is 3.04. The first kappa shape index (κ1) is 12.1. The van der Waals surface area contributed by atoms with Gasteiger partial charge in [-0.1, -0.05) is 23.2 Å². The van der Waals surface area contributed by atoms with Crippen molar-refractivity contribution in [1.29, 1.82) is 0 Å². The van der Waals surface area contributed by atoms with E-state index in [2.05, 4.69) is 15.3 Å². The molecule has 0 atom stereocenters. The summed E-state index contributed by atoms with van der Waals surface area (Å²) in [6, 6.07) is 3.60. The minimum absolute atomic E-state index is 0.503. The Balaban J connectivity index is 2.64. The van der Waals surface area contributed by atoms with Crippen LogP contribution in [0.15, 0.2) is 24.5 Å². The second kappa shape index (κ2) is 4.90. The van der Waals surface area contributed by atoms with Crippen LogP contribution in [0, 0.1) is 6.92 Å². The van der Waals surface area contributed by atoms with Gasteiger partial charge in [-0.25, -0.2) is 4.98 Å². The summed E-state index contributed by atoms with van der Waals surface area (Å²) in [5, 5.41) is 3.95. The van der Waals surface area contributed by atoms with Gasteiger partial charge in [-0.15, -0.1) is 0 Å². The Morgan fingerprint density at radius 3 is 2.65 bits per heavy atom. The Hall–Kier alpha value is -1.32. The van der Waals surface area contributed by atoms with Crippen molar-refractivity contribution in [2.24, 2.45) is 0 Å². The van der Waals surface area contributed by atoms with Gasteiger partial charge in [0.05, 0.1) is 15.7 Å². The molecule has 0 aliphatic heterocycles. The second-order valence-corrected chi connectivity index (χ2v) is 4.40. The molecule has 0 spiro atoms. The molecular formula is C12H11Cl2N3. The van der Waals surface area contributed by atoms with Gasteiger partial charge in [0.15, 0.2) is 0 Å². The summed E-state index contributed by atoms with van der Waals surface area (Å²) in [4.78, 5) is 8.50. The van der Waals surface area contributed by atoms with Gasteiger partial charge in [-0.05, 0) is 24.6 Å². The lowest BCUT2D eigenvalue weighted by Gasteiger charge is -2.10. The normalized spacial score (nSPS) is 10.4. The Labute approximate surface area is 110 Å². The number of halogens is 2. The minimum atomic E-state index is 0.503. The van der Waals surface area contributed by atoms with Gasteiger partial charge >= 0.3 is 0 Å². The number of anilines is 1. The number of aromatic nitrogens is 2. The van der Waals surface area contributed by atoms with Gasteiger partial charge in [0.2, 0.25) is 0 Å². The molecule has 3 nitrogen and oxygen atoms in total. The summed E-state index contributed by atoms with van der Waals surface area (Å²) in [5.41, 5.74) is 2.66. The van der Waals surface area contributed by atoms with Gasteiger partial charge in [-0.3, -0.25) is 4.98 Å². The smallest absolute Gasteiger partial charge is 0.145 e. The molecule has 0 radical (unpaired) electrons. The van der Waals surface area contributed by atoms with Gasteiger partial charge in [-0.2, -0.15) is 0 Å². The number of hydrogen-bond donors (Lipinski definition) is 1. The summed E-state index contributed by atoms with van der Waals surface area (Å²) in [7, 11) is 1.77. The maximum atomic E-state index is 6.16. The number of hydrogen-bond acceptors (Lipinski definition) is 3. The highest BCUT2D eigenvalue weighted by Gasteiger charge is 2.12. The zero-order chi connectivity index (χ0) is 12.4. The fraction of sp³-hybridized carbons (Fsp3) is 0.167. The van der Waals surface area contributed by atoms with Crippen molar-refractivity contribution in [3.63, 3.8) is 0 Å². The van der Waals surface area contributed by atoms with E-state index in [-0.39, 0.29) is 0 Å². The van der Waals surface area contributed by atoms with Crippen LogP contribution in [0.5, 0.6) is 0 Å². The molecule has 0 fully saturated rings. The van der Waals surface area contributed by atoms with Gasteiger partial charge in [0.25, 0.3) is 0 Å². The van der Waals surface area contributed by atoms with Crippen molar-refractivity contribution in [3.8, 4) is 11.3 Å². The van der Waals surface area contributed by atoms with E-state index in [1.54, 1.807) is 25.5 Å². The molecule has 17 heavy (non-hydrogen) atoms. The number of nitrogens with zero attached hydrogens (tertiary/aromatic N) is 2. The Bertz CT molecular complexity index is 555. The van der Waals surface area contributed by atoms with Crippen LogP contribution >= 0.6 is 23.2 Å². The molecule has 0 aliphatic carbocycles. The fourth-order valence-corrected chi connectivity index (χ4v) is 2.10. The first-order valence-corrected chi connectivity index (χ1v) is 5.84. The van der Waals surface area contributed by atoms with E-state index in [0.29, 0.717) is 21.6 Å². The molecule has 2 heterocycles. The van der Waals surface area contributed by atoms with Gasteiger partial charge in [0, 0.05) is 25.0 Å². The number of pyridine rings is 2. The van der Waals surface area contributed by atoms with E-state index in [1.165, 1.54) is 0 Å². The molecule has 0 aliphatic rings. The zero-order valence-corrected chi connectivity index (χ0v) is 11.0. The van der Waals surface area contributed by atoms with Crippen LogP contribution in [0.25, 0.3) is 11.3 Å². The molecule has 88 valence electrons. The highest BCUT2D eigenvalue weighted by molar-refractivity contribution is 6.37. The molecule has 2 aromatic rings. The van der Waals surface area contributed by atoms with Crippen LogP contribution in [0.1, 0.15) is 5.56 Å². The summed E-state index contributed by atoms with van der Waals surface area (Å²) in [6.45, 7) is 1.99. The third-order valence-electron chi connectivity index (χ3n) is 2.46. The first-order chi connectivity index (χ1) is 8.13. The fourth-order valence-electron chi connectivity index (χ4n) is 1.54. The largest absolute Gasteiger partial charge is 0.372 e. The molecule has 1 N–H and O–H groups in total. The van der Waals surface area contributed by atoms with Gasteiger partial charge in [0.1, 0.15) is 5.82 Å². The van der Waals surface area contributed by atoms with Crippen LogP contribution in [-0.2, 0) is 0 Å². The van der Waals surface area contributed by atoms with E-state index in [1.807, 2.05) is 13.0 Å². The monoisotopic (exact) mass is 267 g/mol. The molecular weight excluding hydrogens is 257 g/mol.